The van der Waals surface area contributed by atoms with E-state index in [-0.39, 0.29) is 51.4 Å². The number of hydrogen-bond acceptors (Lipinski definition) is 2. The Morgan fingerprint density at radius 1 is 1.06 bits per heavy atom. The molecule has 17 heavy (non-hydrogen) atoms. The van der Waals surface area contributed by atoms with Gasteiger partial charge in [0.25, 0.3) is 0 Å². The molecule has 0 aromatic rings. The minimum atomic E-state index is 0. The number of nitrogens with zero attached hydrogens (tertiary/aromatic N) is 2. The van der Waals surface area contributed by atoms with Crippen LogP contribution in [-0.4, -0.2) is 51.2 Å². The molecular formula is C13H26KN3. The zero-order chi connectivity index (χ0) is 11.2. The van der Waals surface area contributed by atoms with E-state index >= 15 is 0 Å². The van der Waals surface area contributed by atoms with Crippen molar-refractivity contribution in [3.05, 3.63) is 5.32 Å². The van der Waals surface area contributed by atoms with E-state index in [1.165, 1.54) is 51.9 Å². The molecule has 0 bridgehead atoms. The van der Waals surface area contributed by atoms with Gasteiger partial charge in [0.05, 0.1) is 0 Å². The van der Waals surface area contributed by atoms with Crippen LogP contribution in [0.4, 0.5) is 0 Å². The molecule has 0 saturated carbocycles. The topological polar surface area (TPSA) is 29.4 Å². The molecule has 0 atom stereocenters. The summed E-state index contributed by atoms with van der Waals surface area (Å²) in [5.74, 6) is 1.85. The minimum Gasteiger partial charge on any atom is -0.662 e. The van der Waals surface area contributed by atoms with Crippen LogP contribution >= 0.6 is 0 Å². The van der Waals surface area contributed by atoms with Crippen LogP contribution in [0.15, 0.2) is 0 Å². The first-order valence-electron chi connectivity index (χ1n) is 6.88. The summed E-state index contributed by atoms with van der Waals surface area (Å²) in [5, 5.41) is 7.73. The van der Waals surface area contributed by atoms with Gasteiger partial charge in [-0.15, -0.1) is 13.1 Å². The molecule has 2 aliphatic rings. The van der Waals surface area contributed by atoms with E-state index in [4.69, 9.17) is 0 Å². The van der Waals surface area contributed by atoms with Crippen LogP contribution in [0, 0.1) is 11.8 Å². The maximum Gasteiger partial charge on any atom is 1.00 e. The molecule has 4 heteroatoms. The second-order valence-corrected chi connectivity index (χ2v) is 5.42. The van der Waals surface area contributed by atoms with Gasteiger partial charge in [-0.25, -0.2) is 0 Å². The number of likely N-dealkylation sites (tertiary alicyclic amines) is 1. The first kappa shape index (κ1) is 16.6. The van der Waals surface area contributed by atoms with Crippen LogP contribution in [0.5, 0.6) is 0 Å². The molecule has 0 aromatic heterocycles. The van der Waals surface area contributed by atoms with Crippen molar-refractivity contribution in [3.8, 4) is 0 Å². The number of hydrogen-bond donors (Lipinski definition) is 1. The van der Waals surface area contributed by atoms with Gasteiger partial charge in [-0.05, 0) is 51.4 Å². The molecule has 2 aliphatic heterocycles. The molecule has 1 N–H and O–H groups in total. The molecule has 0 aliphatic carbocycles. The van der Waals surface area contributed by atoms with Gasteiger partial charge in [0.15, 0.2) is 0 Å². The smallest absolute Gasteiger partial charge is 0.662 e. The molecule has 0 spiro atoms. The zero-order valence-corrected chi connectivity index (χ0v) is 14.7. The van der Waals surface area contributed by atoms with Crippen molar-refractivity contribution in [1.82, 2.24) is 10.2 Å². The third-order valence-electron chi connectivity index (χ3n) is 4.11. The average molecular weight is 263 g/mol. The van der Waals surface area contributed by atoms with E-state index in [1.807, 2.05) is 0 Å². The van der Waals surface area contributed by atoms with Crippen LogP contribution in [0.3, 0.4) is 0 Å². The van der Waals surface area contributed by atoms with E-state index in [2.05, 4.69) is 22.6 Å². The van der Waals surface area contributed by atoms with Crippen LogP contribution < -0.4 is 56.7 Å². The maximum atomic E-state index is 4.43. The monoisotopic (exact) mass is 263 g/mol. The van der Waals surface area contributed by atoms with E-state index in [0.717, 1.165) is 24.9 Å². The zero-order valence-electron chi connectivity index (χ0n) is 11.6. The molecule has 2 rings (SSSR count). The Balaban J connectivity index is 0.00000144. The Hall–Kier alpha value is 1.52. The van der Waals surface area contributed by atoms with Gasteiger partial charge in [0, 0.05) is 6.54 Å². The average Bonchev–Trinajstić information content (AvgIpc) is 2.33. The van der Waals surface area contributed by atoms with Gasteiger partial charge in [-0.3, -0.25) is 0 Å². The van der Waals surface area contributed by atoms with Crippen LogP contribution in [-0.2, 0) is 0 Å². The molecule has 3 nitrogen and oxygen atoms in total. The second-order valence-electron chi connectivity index (χ2n) is 5.42. The second kappa shape index (κ2) is 9.42. The third-order valence-corrected chi connectivity index (χ3v) is 4.11. The Labute approximate surface area is 149 Å². The van der Waals surface area contributed by atoms with Gasteiger partial charge < -0.3 is 15.5 Å². The molecule has 0 unspecified atom stereocenters. The number of nitrogens with one attached hydrogen (secondary N) is 1. The van der Waals surface area contributed by atoms with Crippen molar-refractivity contribution in [2.24, 2.45) is 11.8 Å². The molecule has 94 valence electrons. The summed E-state index contributed by atoms with van der Waals surface area (Å²) < 4.78 is 0. The molecule has 0 radical (unpaired) electrons. The van der Waals surface area contributed by atoms with Crippen molar-refractivity contribution >= 4 is 0 Å². The molecule has 2 saturated heterocycles. The van der Waals surface area contributed by atoms with E-state index < -0.39 is 0 Å². The van der Waals surface area contributed by atoms with E-state index in [9.17, 15) is 0 Å². The largest absolute Gasteiger partial charge is 1.00 e. The van der Waals surface area contributed by atoms with Crippen molar-refractivity contribution < 1.29 is 51.4 Å². The molecule has 2 heterocycles. The first-order valence-corrected chi connectivity index (χ1v) is 6.88. The maximum absolute atomic E-state index is 4.43. The number of rotatable bonds is 4. The Bertz CT molecular complexity index is 187. The summed E-state index contributed by atoms with van der Waals surface area (Å²) in [7, 11) is 2.07. The van der Waals surface area contributed by atoms with Crippen molar-refractivity contribution in [1.29, 1.82) is 0 Å². The van der Waals surface area contributed by atoms with Crippen LogP contribution in [0.2, 0.25) is 0 Å². The summed E-state index contributed by atoms with van der Waals surface area (Å²) in [6, 6.07) is 0. The minimum absolute atomic E-state index is 0. The summed E-state index contributed by atoms with van der Waals surface area (Å²) in [6.45, 7) is 7.40. The third kappa shape index (κ3) is 6.00. The predicted molar refractivity (Wildman–Crippen MR) is 68.9 cm³/mol. The first-order chi connectivity index (χ1) is 7.88. The van der Waals surface area contributed by atoms with Gasteiger partial charge in [0.2, 0.25) is 0 Å². The molecule has 2 fully saturated rings. The standard InChI is InChI=1S/C13H26N3.K/c1-14-10-12-4-8-16(9-5-12)11-13-2-6-15-7-3-13;/h12-14H,2-11H2,1H3;/q-1;+1. The quantitative estimate of drug-likeness (QED) is 0.639. The fourth-order valence-electron chi connectivity index (χ4n) is 3.01. The van der Waals surface area contributed by atoms with E-state index in [0.29, 0.717) is 0 Å². The SMILES string of the molecule is CNCC1CCN(CC2CC[N-]CC2)CC1.[K+]. The fraction of sp³-hybridized carbons (Fsp3) is 1.00. The normalized spacial score (nSPS) is 24.5. The fourth-order valence-corrected chi connectivity index (χ4v) is 3.01. The summed E-state index contributed by atoms with van der Waals surface area (Å²) in [5.41, 5.74) is 0. The summed E-state index contributed by atoms with van der Waals surface area (Å²) >= 11 is 0. The van der Waals surface area contributed by atoms with Gasteiger partial charge >= 0.3 is 51.4 Å². The van der Waals surface area contributed by atoms with Crippen molar-refractivity contribution in [3.63, 3.8) is 0 Å². The van der Waals surface area contributed by atoms with Gasteiger partial charge in [-0.2, -0.15) is 0 Å². The Kier molecular flexibility index (Phi) is 9.19. The van der Waals surface area contributed by atoms with E-state index in [1.54, 1.807) is 0 Å². The van der Waals surface area contributed by atoms with Gasteiger partial charge in [0.1, 0.15) is 0 Å². The summed E-state index contributed by atoms with van der Waals surface area (Å²) in [4.78, 5) is 2.68. The van der Waals surface area contributed by atoms with Crippen LogP contribution in [0.25, 0.3) is 5.32 Å². The van der Waals surface area contributed by atoms with Crippen LogP contribution in [0.1, 0.15) is 25.7 Å². The molecule has 0 aromatic carbocycles. The summed E-state index contributed by atoms with van der Waals surface area (Å²) in [6.07, 6.45) is 5.43. The van der Waals surface area contributed by atoms with Gasteiger partial charge in [-0.1, -0.05) is 12.8 Å². The molecule has 0 amide bonds. The Morgan fingerprint density at radius 2 is 1.71 bits per heavy atom. The predicted octanol–water partition coefficient (Wildman–Crippen LogP) is -1.29. The van der Waals surface area contributed by atoms with Crippen molar-refractivity contribution in [2.45, 2.75) is 25.7 Å². The molecular weight excluding hydrogens is 237 g/mol. The number of piperidine rings is 2. The Morgan fingerprint density at radius 3 is 2.29 bits per heavy atom. The van der Waals surface area contributed by atoms with Crippen molar-refractivity contribution in [2.75, 3.05) is 46.3 Å².